The number of carbonyl (C=O) groups excluding carboxylic acids is 1. The lowest BCUT2D eigenvalue weighted by atomic mass is 9.98. The Morgan fingerprint density at radius 1 is 1.09 bits per heavy atom. The molecule has 23 heavy (non-hydrogen) atoms. The first-order valence-electron chi connectivity index (χ1n) is 7.40. The van der Waals surface area contributed by atoms with Crippen molar-refractivity contribution in [3.05, 3.63) is 59.8 Å². The SMILES string of the molecule is CNC(=O)c1cc(-c2ccc(OC)cc2)c2cc(C)ccc2n1. The van der Waals surface area contributed by atoms with Crippen LogP contribution in [0.25, 0.3) is 22.0 Å². The lowest BCUT2D eigenvalue weighted by molar-refractivity contribution is 0.0958. The van der Waals surface area contributed by atoms with Gasteiger partial charge in [-0.1, -0.05) is 23.8 Å². The summed E-state index contributed by atoms with van der Waals surface area (Å²) < 4.78 is 5.21. The van der Waals surface area contributed by atoms with Gasteiger partial charge in [0.05, 0.1) is 12.6 Å². The number of methoxy groups -OCH3 is 1. The summed E-state index contributed by atoms with van der Waals surface area (Å²) in [7, 11) is 3.25. The van der Waals surface area contributed by atoms with Crippen molar-refractivity contribution in [3.8, 4) is 16.9 Å². The highest BCUT2D eigenvalue weighted by atomic mass is 16.5. The molecule has 0 aliphatic carbocycles. The van der Waals surface area contributed by atoms with E-state index in [9.17, 15) is 4.79 Å². The molecule has 0 fully saturated rings. The number of nitrogens with zero attached hydrogens (tertiary/aromatic N) is 1. The Balaban J connectivity index is 2.26. The smallest absolute Gasteiger partial charge is 0.269 e. The fourth-order valence-electron chi connectivity index (χ4n) is 2.59. The molecule has 3 aromatic rings. The van der Waals surface area contributed by atoms with Crippen LogP contribution in [0.3, 0.4) is 0 Å². The fourth-order valence-corrected chi connectivity index (χ4v) is 2.59. The Morgan fingerprint density at radius 2 is 1.83 bits per heavy atom. The second-order valence-electron chi connectivity index (χ2n) is 5.38. The van der Waals surface area contributed by atoms with Crippen molar-refractivity contribution in [2.75, 3.05) is 14.2 Å². The van der Waals surface area contributed by atoms with Gasteiger partial charge in [0.2, 0.25) is 0 Å². The molecule has 0 saturated heterocycles. The van der Waals surface area contributed by atoms with Crippen molar-refractivity contribution in [1.82, 2.24) is 10.3 Å². The third-order valence-corrected chi connectivity index (χ3v) is 3.82. The summed E-state index contributed by atoms with van der Waals surface area (Å²) in [5, 5.41) is 3.66. The number of benzene rings is 2. The van der Waals surface area contributed by atoms with E-state index in [4.69, 9.17) is 4.74 Å². The Labute approximate surface area is 135 Å². The number of ether oxygens (including phenoxy) is 1. The van der Waals surface area contributed by atoms with Crippen LogP contribution in [-0.2, 0) is 0 Å². The number of carbonyl (C=O) groups is 1. The van der Waals surface area contributed by atoms with Gasteiger partial charge in [0.25, 0.3) is 5.91 Å². The first-order valence-corrected chi connectivity index (χ1v) is 7.40. The van der Waals surface area contributed by atoms with E-state index in [-0.39, 0.29) is 5.91 Å². The Bertz CT molecular complexity index is 870. The van der Waals surface area contributed by atoms with Gasteiger partial charge < -0.3 is 10.1 Å². The average molecular weight is 306 g/mol. The molecule has 0 saturated carbocycles. The molecular formula is C19H18N2O2. The van der Waals surface area contributed by atoms with Gasteiger partial charge in [-0.3, -0.25) is 4.79 Å². The molecule has 3 rings (SSSR count). The predicted molar refractivity (Wildman–Crippen MR) is 91.9 cm³/mol. The molecule has 0 aliphatic heterocycles. The quantitative estimate of drug-likeness (QED) is 0.804. The van der Waals surface area contributed by atoms with E-state index >= 15 is 0 Å². The van der Waals surface area contributed by atoms with Crippen molar-refractivity contribution < 1.29 is 9.53 Å². The van der Waals surface area contributed by atoms with Gasteiger partial charge in [0.1, 0.15) is 11.4 Å². The number of amides is 1. The number of aryl methyl sites for hydroxylation is 1. The summed E-state index contributed by atoms with van der Waals surface area (Å²) in [6.07, 6.45) is 0. The van der Waals surface area contributed by atoms with Crippen molar-refractivity contribution in [2.24, 2.45) is 0 Å². The van der Waals surface area contributed by atoms with Gasteiger partial charge in [0.15, 0.2) is 0 Å². The summed E-state index contributed by atoms with van der Waals surface area (Å²) in [4.78, 5) is 16.5. The molecule has 0 unspecified atom stereocenters. The molecule has 0 atom stereocenters. The highest BCUT2D eigenvalue weighted by molar-refractivity contribution is 6.01. The minimum absolute atomic E-state index is 0.192. The van der Waals surface area contributed by atoms with E-state index < -0.39 is 0 Å². The molecule has 0 spiro atoms. The van der Waals surface area contributed by atoms with Crippen LogP contribution < -0.4 is 10.1 Å². The summed E-state index contributed by atoms with van der Waals surface area (Å²) >= 11 is 0. The number of rotatable bonds is 3. The predicted octanol–water partition coefficient (Wildman–Crippen LogP) is 3.58. The third-order valence-electron chi connectivity index (χ3n) is 3.82. The molecule has 0 radical (unpaired) electrons. The van der Waals surface area contributed by atoms with Crippen molar-refractivity contribution in [3.63, 3.8) is 0 Å². The van der Waals surface area contributed by atoms with Gasteiger partial charge >= 0.3 is 0 Å². The Hall–Kier alpha value is -2.88. The molecule has 2 aromatic carbocycles. The minimum atomic E-state index is -0.192. The second-order valence-corrected chi connectivity index (χ2v) is 5.38. The van der Waals surface area contributed by atoms with E-state index in [1.165, 1.54) is 0 Å². The Morgan fingerprint density at radius 3 is 2.48 bits per heavy atom. The van der Waals surface area contributed by atoms with Crippen LogP contribution in [-0.4, -0.2) is 25.0 Å². The third kappa shape index (κ3) is 2.88. The van der Waals surface area contributed by atoms with Crippen LogP contribution in [0.15, 0.2) is 48.5 Å². The topological polar surface area (TPSA) is 51.2 Å². The standard InChI is InChI=1S/C19H18N2O2/c1-12-4-9-17-16(10-12)15(11-18(21-17)19(22)20-2)13-5-7-14(23-3)8-6-13/h4-11H,1-3H3,(H,20,22). The van der Waals surface area contributed by atoms with E-state index in [0.717, 1.165) is 33.3 Å². The van der Waals surface area contributed by atoms with Gasteiger partial charge in [-0.05, 0) is 48.4 Å². The molecular weight excluding hydrogens is 288 g/mol. The van der Waals surface area contributed by atoms with Crippen molar-refractivity contribution in [2.45, 2.75) is 6.92 Å². The van der Waals surface area contributed by atoms with Crippen molar-refractivity contribution >= 4 is 16.8 Å². The molecule has 1 amide bonds. The van der Waals surface area contributed by atoms with E-state index in [1.807, 2.05) is 49.4 Å². The second kappa shape index (κ2) is 6.08. The van der Waals surface area contributed by atoms with E-state index in [2.05, 4.69) is 16.4 Å². The summed E-state index contributed by atoms with van der Waals surface area (Å²) in [5.41, 5.74) is 4.38. The highest BCUT2D eigenvalue weighted by Gasteiger charge is 2.12. The van der Waals surface area contributed by atoms with Crippen LogP contribution in [0.1, 0.15) is 16.1 Å². The zero-order valence-corrected chi connectivity index (χ0v) is 13.4. The average Bonchev–Trinajstić information content (AvgIpc) is 2.60. The molecule has 1 heterocycles. The van der Waals surface area contributed by atoms with Crippen LogP contribution in [0.5, 0.6) is 5.75 Å². The van der Waals surface area contributed by atoms with Gasteiger partial charge in [-0.25, -0.2) is 4.98 Å². The molecule has 0 aliphatic rings. The van der Waals surface area contributed by atoms with Gasteiger partial charge in [0, 0.05) is 12.4 Å². The van der Waals surface area contributed by atoms with Crippen LogP contribution in [0.4, 0.5) is 0 Å². The molecule has 1 aromatic heterocycles. The maximum Gasteiger partial charge on any atom is 0.269 e. The number of fused-ring (bicyclic) bond motifs is 1. The Kier molecular flexibility index (Phi) is 3.98. The number of aromatic nitrogens is 1. The zero-order chi connectivity index (χ0) is 16.4. The number of pyridine rings is 1. The summed E-state index contributed by atoms with van der Waals surface area (Å²) in [5.74, 6) is 0.608. The number of hydrogen-bond donors (Lipinski definition) is 1. The zero-order valence-electron chi connectivity index (χ0n) is 13.4. The monoisotopic (exact) mass is 306 g/mol. The first-order chi connectivity index (χ1) is 11.1. The maximum absolute atomic E-state index is 12.0. The normalized spacial score (nSPS) is 10.6. The fraction of sp³-hybridized carbons (Fsp3) is 0.158. The number of nitrogens with one attached hydrogen (secondary N) is 1. The number of hydrogen-bond acceptors (Lipinski definition) is 3. The van der Waals surface area contributed by atoms with E-state index in [1.54, 1.807) is 14.2 Å². The van der Waals surface area contributed by atoms with Gasteiger partial charge in [-0.15, -0.1) is 0 Å². The molecule has 116 valence electrons. The molecule has 4 nitrogen and oxygen atoms in total. The highest BCUT2D eigenvalue weighted by Crippen LogP contribution is 2.30. The first kappa shape index (κ1) is 15.0. The molecule has 4 heteroatoms. The summed E-state index contributed by atoms with van der Waals surface area (Å²) in [6.45, 7) is 2.05. The van der Waals surface area contributed by atoms with Crippen LogP contribution in [0.2, 0.25) is 0 Å². The van der Waals surface area contributed by atoms with Crippen LogP contribution in [0, 0.1) is 6.92 Å². The lowest BCUT2D eigenvalue weighted by Gasteiger charge is -2.11. The lowest BCUT2D eigenvalue weighted by Crippen LogP contribution is -2.19. The van der Waals surface area contributed by atoms with Gasteiger partial charge in [-0.2, -0.15) is 0 Å². The molecule has 1 N–H and O–H groups in total. The van der Waals surface area contributed by atoms with E-state index in [0.29, 0.717) is 5.69 Å². The molecule has 0 bridgehead atoms. The van der Waals surface area contributed by atoms with Crippen molar-refractivity contribution in [1.29, 1.82) is 0 Å². The maximum atomic E-state index is 12.0. The summed E-state index contributed by atoms with van der Waals surface area (Å²) in [6, 6.07) is 15.7. The minimum Gasteiger partial charge on any atom is -0.497 e. The van der Waals surface area contributed by atoms with Crippen LogP contribution >= 0.6 is 0 Å². The largest absolute Gasteiger partial charge is 0.497 e.